The van der Waals surface area contributed by atoms with Gasteiger partial charge in [-0.25, -0.2) is 0 Å². The van der Waals surface area contributed by atoms with Gasteiger partial charge in [-0.05, 0) is 12.5 Å². The maximum Gasteiger partial charge on any atom is 0.321 e. The first-order valence-electron chi connectivity index (χ1n) is 7.54. The monoisotopic (exact) mass is 355 g/mol. The van der Waals surface area contributed by atoms with Crippen molar-refractivity contribution in [3.05, 3.63) is 33.9 Å². The van der Waals surface area contributed by atoms with Gasteiger partial charge >= 0.3 is 5.97 Å². The third-order valence-corrected chi connectivity index (χ3v) is 3.27. The Hall–Kier alpha value is -2.56. The maximum absolute atomic E-state index is 12.0. The highest BCUT2D eigenvalue weighted by molar-refractivity contribution is 5.94. The molecule has 10 nitrogen and oxygen atoms in total. The molecule has 25 heavy (non-hydrogen) atoms. The zero-order valence-corrected chi connectivity index (χ0v) is 13.7. The number of hydrogen-bond donors (Lipinski definition) is 4. The van der Waals surface area contributed by atoms with Crippen molar-refractivity contribution in [3.63, 3.8) is 0 Å². The van der Waals surface area contributed by atoms with Crippen LogP contribution < -0.4 is 10.6 Å². The molecule has 0 aliphatic carbocycles. The van der Waals surface area contributed by atoms with E-state index in [1.54, 1.807) is 6.92 Å². The van der Waals surface area contributed by atoms with E-state index in [1.165, 1.54) is 18.2 Å². The van der Waals surface area contributed by atoms with Crippen LogP contribution in [0.5, 0.6) is 0 Å². The van der Waals surface area contributed by atoms with E-state index >= 15 is 0 Å². The number of amides is 1. The summed E-state index contributed by atoms with van der Waals surface area (Å²) in [5.74, 6) is -1.78. The van der Waals surface area contributed by atoms with Crippen molar-refractivity contribution in [1.29, 1.82) is 0 Å². The predicted molar refractivity (Wildman–Crippen MR) is 88.4 cm³/mol. The number of nitro groups is 1. The second kappa shape index (κ2) is 10.3. The highest BCUT2D eigenvalue weighted by Crippen LogP contribution is 2.22. The number of aryl methyl sites for hydroxylation is 1. The Morgan fingerprint density at radius 1 is 1.36 bits per heavy atom. The summed E-state index contributed by atoms with van der Waals surface area (Å²) < 4.78 is 5.00. The molecule has 0 radical (unpaired) electrons. The Kier molecular flexibility index (Phi) is 8.47. The second-order valence-electron chi connectivity index (χ2n) is 5.19. The summed E-state index contributed by atoms with van der Waals surface area (Å²) in [6.45, 7) is 2.07. The van der Waals surface area contributed by atoms with Crippen LogP contribution in [-0.2, 0) is 14.3 Å². The van der Waals surface area contributed by atoms with E-state index in [-0.39, 0.29) is 44.2 Å². The number of nitro benzene ring substituents is 1. The third-order valence-electron chi connectivity index (χ3n) is 3.27. The van der Waals surface area contributed by atoms with Gasteiger partial charge in [-0.1, -0.05) is 6.07 Å². The Balaban J connectivity index is 2.61. The molecule has 0 bridgehead atoms. The van der Waals surface area contributed by atoms with Gasteiger partial charge in [-0.2, -0.15) is 0 Å². The van der Waals surface area contributed by atoms with Crippen LogP contribution in [0.25, 0.3) is 0 Å². The lowest BCUT2D eigenvalue weighted by Gasteiger charge is -2.15. The number of ether oxygens (including phenoxy) is 1. The van der Waals surface area contributed by atoms with Crippen LogP contribution >= 0.6 is 0 Å². The van der Waals surface area contributed by atoms with Gasteiger partial charge in [0.15, 0.2) is 0 Å². The molecule has 0 heterocycles. The average Bonchev–Trinajstić information content (AvgIpc) is 2.55. The lowest BCUT2D eigenvalue weighted by Crippen LogP contribution is -2.41. The summed E-state index contributed by atoms with van der Waals surface area (Å²) in [4.78, 5) is 33.5. The number of benzene rings is 1. The number of non-ortho nitro benzene ring substituents is 1. The first-order valence-corrected chi connectivity index (χ1v) is 7.54. The third kappa shape index (κ3) is 7.25. The normalized spacial score (nSPS) is 11.8. The van der Waals surface area contributed by atoms with Crippen LogP contribution in [0.15, 0.2) is 18.2 Å². The van der Waals surface area contributed by atoms with Gasteiger partial charge in [-0.3, -0.25) is 19.7 Å². The molecule has 0 aliphatic heterocycles. The molecule has 0 aliphatic rings. The van der Waals surface area contributed by atoms with Gasteiger partial charge in [0.25, 0.3) is 5.69 Å². The van der Waals surface area contributed by atoms with Gasteiger partial charge in [0, 0.05) is 18.7 Å². The molecule has 0 spiro atoms. The smallest absolute Gasteiger partial charge is 0.321 e. The zero-order chi connectivity index (χ0) is 18.8. The summed E-state index contributed by atoms with van der Waals surface area (Å²) in [6, 6.07) is 2.91. The number of aliphatic hydroxyl groups is 1. The molecule has 0 fully saturated rings. The van der Waals surface area contributed by atoms with Crippen LogP contribution in [0.2, 0.25) is 0 Å². The first kappa shape index (κ1) is 20.5. The number of anilines is 1. The van der Waals surface area contributed by atoms with E-state index in [0.717, 1.165) is 0 Å². The molecule has 0 aromatic heterocycles. The standard InChI is InChI=1S/C15H21N3O7/c1-10-2-3-11(18(23)24)8-12(10)17-14(20)9-13(15(21)22)16-4-6-25-7-5-19/h2-3,8,13,16,19H,4-7,9H2,1H3,(H,17,20)(H,21,22). The quantitative estimate of drug-likeness (QED) is 0.251. The largest absolute Gasteiger partial charge is 0.480 e. The molecule has 1 aromatic rings. The lowest BCUT2D eigenvalue weighted by atomic mass is 10.1. The zero-order valence-electron chi connectivity index (χ0n) is 13.7. The molecule has 1 aromatic carbocycles. The summed E-state index contributed by atoms with van der Waals surface area (Å²) in [6.07, 6.45) is -0.350. The minimum atomic E-state index is -1.20. The second-order valence-corrected chi connectivity index (χ2v) is 5.19. The Labute approximate surface area is 143 Å². The highest BCUT2D eigenvalue weighted by Gasteiger charge is 2.21. The predicted octanol–water partition coefficient (Wildman–Crippen LogP) is 0.284. The fourth-order valence-electron chi connectivity index (χ4n) is 1.96. The van der Waals surface area contributed by atoms with E-state index in [9.17, 15) is 19.7 Å². The van der Waals surface area contributed by atoms with Crippen molar-refractivity contribution in [3.8, 4) is 0 Å². The molecule has 10 heteroatoms. The topological polar surface area (TPSA) is 151 Å². The van der Waals surface area contributed by atoms with Crippen molar-refractivity contribution in [2.24, 2.45) is 0 Å². The highest BCUT2D eigenvalue weighted by atomic mass is 16.6. The van der Waals surface area contributed by atoms with Gasteiger partial charge in [0.05, 0.1) is 36.9 Å². The van der Waals surface area contributed by atoms with E-state index in [0.29, 0.717) is 5.56 Å². The van der Waals surface area contributed by atoms with Crippen molar-refractivity contribution < 1.29 is 29.5 Å². The fourth-order valence-corrected chi connectivity index (χ4v) is 1.96. The summed E-state index contributed by atoms with van der Waals surface area (Å²) >= 11 is 0. The number of carboxylic acids is 1. The molecule has 0 saturated heterocycles. The van der Waals surface area contributed by atoms with Gasteiger partial charge in [-0.15, -0.1) is 0 Å². The van der Waals surface area contributed by atoms with Crippen LogP contribution in [0, 0.1) is 17.0 Å². The Bertz CT molecular complexity index is 621. The summed E-state index contributed by atoms with van der Waals surface area (Å²) in [5.41, 5.74) is 0.709. The SMILES string of the molecule is Cc1ccc([N+](=O)[O-])cc1NC(=O)CC(NCCOCCO)C(=O)O. The fraction of sp³-hybridized carbons (Fsp3) is 0.467. The molecule has 1 amide bonds. The number of nitrogens with one attached hydrogen (secondary N) is 2. The van der Waals surface area contributed by atoms with E-state index < -0.39 is 22.8 Å². The van der Waals surface area contributed by atoms with Gasteiger partial charge in [0.2, 0.25) is 5.91 Å². The van der Waals surface area contributed by atoms with E-state index in [1.807, 2.05) is 0 Å². The Morgan fingerprint density at radius 2 is 2.08 bits per heavy atom. The Morgan fingerprint density at radius 3 is 2.68 bits per heavy atom. The van der Waals surface area contributed by atoms with Crippen molar-refractivity contribution >= 4 is 23.3 Å². The molecule has 4 N–H and O–H groups in total. The number of aliphatic hydroxyl groups excluding tert-OH is 1. The van der Waals surface area contributed by atoms with Crippen LogP contribution in [0.4, 0.5) is 11.4 Å². The van der Waals surface area contributed by atoms with E-state index in [2.05, 4.69) is 10.6 Å². The first-order chi connectivity index (χ1) is 11.8. The summed E-state index contributed by atoms with van der Waals surface area (Å²) in [7, 11) is 0. The van der Waals surface area contributed by atoms with Gasteiger partial charge < -0.3 is 25.6 Å². The molecule has 1 unspecified atom stereocenters. The average molecular weight is 355 g/mol. The molecular weight excluding hydrogens is 334 g/mol. The van der Waals surface area contributed by atoms with Gasteiger partial charge in [0.1, 0.15) is 6.04 Å². The van der Waals surface area contributed by atoms with Crippen molar-refractivity contribution in [1.82, 2.24) is 5.32 Å². The summed E-state index contributed by atoms with van der Waals surface area (Å²) in [5, 5.41) is 33.7. The lowest BCUT2D eigenvalue weighted by molar-refractivity contribution is -0.384. The molecule has 1 rings (SSSR count). The van der Waals surface area contributed by atoms with Crippen LogP contribution in [-0.4, -0.2) is 59.4 Å². The maximum atomic E-state index is 12.0. The van der Waals surface area contributed by atoms with E-state index in [4.69, 9.17) is 14.9 Å². The van der Waals surface area contributed by atoms with Crippen LogP contribution in [0.1, 0.15) is 12.0 Å². The number of nitrogens with zero attached hydrogens (tertiary/aromatic N) is 1. The minimum Gasteiger partial charge on any atom is -0.480 e. The number of rotatable bonds is 11. The number of carbonyl (C=O) groups excluding carboxylic acids is 1. The molecule has 138 valence electrons. The minimum absolute atomic E-state index is 0.132. The van der Waals surface area contributed by atoms with Crippen molar-refractivity contribution in [2.45, 2.75) is 19.4 Å². The molecular formula is C15H21N3O7. The number of carbonyl (C=O) groups is 2. The van der Waals surface area contributed by atoms with Crippen molar-refractivity contribution in [2.75, 3.05) is 31.7 Å². The number of hydrogen-bond acceptors (Lipinski definition) is 7. The molecule has 0 saturated carbocycles. The van der Waals surface area contributed by atoms with Crippen LogP contribution in [0.3, 0.4) is 0 Å². The number of aliphatic carboxylic acids is 1. The molecule has 1 atom stereocenters. The number of carboxylic acid groups (broad SMARTS) is 1.